The molecular weight excluding hydrogens is 528 g/mol. The Balaban J connectivity index is 1.12. The van der Waals surface area contributed by atoms with Crippen LogP contribution < -0.4 is 5.73 Å². The number of pyridine rings is 1. The van der Waals surface area contributed by atoms with Crippen molar-refractivity contribution in [2.75, 3.05) is 31.9 Å². The van der Waals surface area contributed by atoms with Crippen LogP contribution in [-0.2, 0) is 18.3 Å². The van der Waals surface area contributed by atoms with Crippen molar-refractivity contribution in [3.63, 3.8) is 0 Å². The summed E-state index contributed by atoms with van der Waals surface area (Å²) in [5.41, 5.74) is 6.32. The summed E-state index contributed by atoms with van der Waals surface area (Å²) in [4.78, 5) is 19.1. The largest absolute Gasteiger partial charge is 0.436 e. The van der Waals surface area contributed by atoms with Crippen LogP contribution >= 0.6 is 0 Å². The van der Waals surface area contributed by atoms with E-state index >= 15 is 0 Å². The van der Waals surface area contributed by atoms with Crippen molar-refractivity contribution in [3.8, 4) is 17.3 Å². The summed E-state index contributed by atoms with van der Waals surface area (Å²) in [6, 6.07) is 5.71. The summed E-state index contributed by atoms with van der Waals surface area (Å²) in [6.07, 6.45) is 3.08. The van der Waals surface area contributed by atoms with Gasteiger partial charge in [-0.1, -0.05) is 0 Å². The SMILES string of the molecule is N#CCC1(n2cc(-c3ncnc4[nH]ccc34)c(N)n2)CN(C2CCN(Cc3ccnc(C(F)(F)F)c3F)CC2)C1. The molecule has 208 valence electrons. The Labute approximate surface area is 226 Å². The number of alkyl halides is 3. The smallest absolute Gasteiger partial charge is 0.382 e. The topological polar surface area (TPSA) is 129 Å². The Morgan fingerprint density at radius 2 is 1.93 bits per heavy atom. The first-order valence-corrected chi connectivity index (χ1v) is 12.9. The molecule has 0 spiro atoms. The molecule has 10 nitrogen and oxygen atoms in total. The molecule has 3 N–H and O–H groups in total. The van der Waals surface area contributed by atoms with Crippen molar-refractivity contribution in [2.45, 2.75) is 43.6 Å². The Morgan fingerprint density at radius 1 is 1.15 bits per heavy atom. The first-order chi connectivity index (χ1) is 19.2. The zero-order valence-electron chi connectivity index (χ0n) is 21.4. The van der Waals surface area contributed by atoms with E-state index in [9.17, 15) is 22.8 Å². The van der Waals surface area contributed by atoms with Crippen LogP contribution in [0.1, 0.15) is 30.5 Å². The lowest BCUT2D eigenvalue weighted by Gasteiger charge is -2.53. The minimum absolute atomic E-state index is 0.00885. The van der Waals surface area contributed by atoms with E-state index in [0.717, 1.165) is 24.4 Å². The first kappa shape index (κ1) is 26.1. The van der Waals surface area contributed by atoms with Crippen LogP contribution in [0, 0.1) is 17.1 Å². The van der Waals surface area contributed by atoms with Gasteiger partial charge in [0.1, 0.15) is 17.5 Å². The summed E-state index contributed by atoms with van der Waals surface area (Å²) in [7, 11) is 0. The molecule has 0 amide bonds. The maximum atomic E-state index is 14.4. The molecule has 0 radical (unpaired) electrons. The molecule has 4 aromatic heterocycles. The van der Waals surface area contributed by atoms with Gasteiger partial charge < -0.3 is 10.7 Å². The maximum Gasteiger partial charge on any atom is 0.436 e. The summed E-state index contributed by atoms with van der Waals surface area (Å²) in [6.45, 7) is 2.56. The summed E-state index contributed by atoms with van der Waals surface area (Å²) < 4.78 is 55.3. The standard InChI is InChI=1S/C26H26F4N10/c27-20-16(1-7-33-22(20)26(28,29)30)11-38-9-3-17(4-10-38)39-13-25(14-39,5-6-31)40-12-19(23(32)37-40)21-18-2-8-34-24(18)36-15-35-21/h1-2,7-8,12,15,17H,3-5,9-11,13-14H2,(H2,32,37)(H,34,35,36). The summed E-state index contributed by atoms with van der Waals surface area (Å²) >= 11 is 0. The van der Waals surface area contributed by atoms with E-state index in [1.54, 1.807) is 10.9 Å². The van der Waals surface area contributed by atoms with E-state index in [1.165, 1.54) is 12.4 Å². The highest BCUT2D eigenvalue weighted by Crippen LogP contribution is 2.39. The number of nitrogens with one attached hydrogen (secondary N) is 1. The summed E-state index contributed by atoms with van der Waals surface area (Å²) in [5.74, 6) is -0.986. The van der Waals surface area contributed by atoms with Gasteiger partial charge in [-0.05, 0) is 38.1 Å². The highest BCUT2D eigenvalue weighted by atomic mass is 19.4. The molecule has 14 heteroatoms. The van der Waals surface area contributed by atoms with Crippen LogP contribution in [0.4, 0.5) is 23.4 Å². The van der Waals surface area contributed by atoms with Gasteiger partial charge in [0.05, 0.1) is 23.7 Å². The van der Waals surface area contributed by atoms with Crippen LogP contribution in [0.15, 0.2) is 37.1 Å². The van der Waals surface area contributed by atoms with Crippen LogP contribution in [-0.4, -0.2) is 71.7 Å². The second-order valence-corrected chi connectivity index (χ2v) is 10.4. The number of halogens is 4. The third-order valence-electron chi connectivity index (χ3n) is 7.95. The average molecular weight is 555 g/mol. The lowest BCUT2D eigenvalue weighted by atomic mass is 9.83. The van der Waals surface area contributed by atoms with Crippen molar-refractivity contribution >= 4 is 16.9 Å². The predicted molar refractivity (Wildman–Crippen MR) is 137 cm³/mol. The number of aromatic nitrogens is 6. The second kappa shape index (κ2) is 9.83. The zero-order chi connectivity index (χ0) is 28.1. The molecule has 2 aliphatic heterocycles. The first-order valence-electron chi connectivity index (χ1n) is 12.9. The van der Waals surface area contributed by atoms with Crippen LogP contribution in [0.25, 0.3) is 22.3 Å². The molecule has 0 unspecified atom stereocenters. The quantitative estimate of drug-likeness (QED) is 0.347. The number of nitrogens with two attached hydrogens (primary N) is 1. The van der Waals surface area contributed by atoms with Gasteiger partial charge in [0, 0.05) is 55.2 Å². The monoisotopic (exact) mass is 554 g/mol. The highest BCUT2D eigenvalue weighted by molar-refractivity contribution is 5.92. The summed E-state index contributed by atoms with van der Waals surface area (Å²) in [5, 5.41) is 15.0. The molecule has 0 bridgehead atoms. The van der Waals surface area contributed by atoms with Crippen molar-refractivity contribution in [3.05, 3.63) is 54.1 Å². The molecule has 0 atom stereocenters. The average Bonchev–Trinajstić information content (AvgIpc) is 3.54. The molecule has 4 aromatic rings. The minimum Gasteiger partial charge on any atom is -0.382 e. The lowest BCUT2D eigenvalue weighted by Crippen LogP contribution is -2.66. The van der Waals surface area contributed by atoms with E-state index < -0.39 is 23.2 Å². The fourth-order valence-electron chi connectivity index (χ4n) is 5.84. The Morgan fingerprint density at radius 3 is 2.65 bits per heavy atom. The lowest BCUT2D eigenvalue weighted by molar-refractivity contribution is -0.143. The van der Waals surface area contributed by atoms with Crippen LogP contribution in [0.5, 0.6) is 0 Å². The molecule has 0 aromatic carbocycles. The zero-order valence-corrected chi connectivity index (χ0v) is 21.4. The number of fused-ring (bicyclic) bond motifs is 1. The van der Waals surface area contributed by atoms with Gasteiger partial charge in [-0.15, -0.1) is 0 Å². The predicted octanol–water partition coefficient (Wildman–Crippen LogP) is 3.55. The van der Waals surface area contributed by atoms with Gasteiger partial charge in [-0.25, -0.2) is 19.3 Å². The molecule has 2 fully saturated rings. The van der Waals surface area contributed by atoms with Crippen molar-refractivity contribution < 1.29 is 17.6 Å². The second-order valence-electron chi connectivity index (χ2n) is 10.4. The number of hydrogen-bond acceptors (Lipinski definition) is 8. The number of nitrogens with zero attached hydrogens (tertiary/aromatic N) is 8. The molecule has 6 heterocycles. The van der Waals surface area contributed by atoms with Gasteiger partial charge in [0.2, 0.25) is 0 Å². The molecule has 0 aliphatic carbocycles. The van der Waals surface area contributed by atoms with Crippen LogP contribution in [0.2, 0.25) is 0 Å². The number of rotatable bonds is 6. The molecule has 2 saturated heterocycles. The third kappa shape index (κ3) is 4.54. The van der Waals surface area contributed by atoms with Gasteiger partial charge in [-0.2, -0.15) is 23.5 Å². The van der Waals surface area contributed by atoms with E-state index in [-0.39, 0.29) is 24.6 Å². The normalized spacial score (nSPS) is 18.6. The maximum absolute atomic E-state index is 14.4. The number of nitriles is 1. The van der Waals surface area contributed by atoms with Crippen molar-refractivity contribution in [1.82, 2.24) is 39.5 Å². The minimum atomic E-state index is -4.83. The van der Waals surface area contributed by atoms with Gasteiger partial charge in [0.25, 0.3) is 0 Å². The Bertz CT molecular complexity index is 1570. The number of likely N-dealkylation sites (tertiary alicyclic amines) is 2. The van der Waals surface area contributed by atoms with Crippen molar-refractivity contribution in [1.29, 1.82) is 5.26 Å². The van der Waals surface area contributed by atoms with E-state index in [4.69, 9.17) is 5.73 Å². The number of anilines is 1. The molecule has 40 heavy (non-hydrogen) atoms. The van der Waals surface area contributed by atoms with E-state index in [0.29, 0.717) is 48.9 Å². The van der Waals surface area contributed by atoms with Crippen LogP contribution in [0.3, 0.4) is 0 Å². The van der Waals surface area contributed by atoms with Crippen molar-refractivity contribution in [2.24, 2.45) is 0 Å². The fourth-order valence-corrected chi connectivity index (χ4v) is 5.84. The number of piperidine rings is 1. The molecule has 6 rings (SSSR count). The van der Waals surface area contributed by atoms with Gasteiger partial charge in [-0.3, -0.25) is 14.5 Å². The molecule has 2 aliphatic rings. The number of H-pyrrole nitrogens is 1. The van der Waals surface area contributed by atoms with E-state index in [2.05, 4.69) is 36.0 Å². The molecule has 0 saturated carbocycles. The number of hydrogen-bond donors (Lipinski definition) is 2. The van der Waals surface area contributed by atoms with Gasteiger partial charge >= 0.3 is 6.18 Å². The number of nitrogen functional groups attached to an aromatic ring is 1. The molecular formula is C26H26F4N10. The Kier molecular flexibility index (Phi) is 6.42. The number of aromatic amines is 1. The third-order valence-corrected chi connectivity index (χ3v) is 7.95. The fraction of sp³-hybridized carbons (Fsp3) is 0.423. The van der Waals surface area contributed by atoms with Gasteiger partial charge in [0.15, 0.2) is 17.3 Å². The Hall–Kier alpha value is -4.09. The van der Waals surface area contributed by atoms with E-state index in [1.807, 2.05) is 17.2 Å². The highest BCUT2D eigenvalue weighted by Gasteiger charge is 2.48.